The van der Waals surface area contributed by atoms with E-state index in [-0.39, 0.29) is 17.2 Å². The van der Waals surface area contributed by atoms with Crippen molar-refractivity contribution < 1.29 is 5.11 Å². The zero-order chi connectivity index (χ0) is 22.6. The fourth-order valence-electron chi connectivity index (χ4n) is 3.46. The molecule has 0 aliphatic rings. The van der Waals surface area contributed by atoms with E-state index in [4.69, 9.17) is 0 Å². The van der Waals surface area contributed by atoms with Crippen LogP contribution in [-0.2, 0) is 0 Å². The second-order valence-electron chi connectivity index (χ2n) is 8.58. The normalized spacial score (nSPS) is 13.0. The van der Waals surface area contributed by atoms with Crippen molar-refractivity contribution in [3.63, 3.8) is 0 Å². The quantitative estimate of drug-likeness (QED) is 0.281. The maximum Gasteiger partial charge on any atom is 0.188 e. The highest BCUT2D eigenvalue weighted by Gasteiger charge is 2.28. The summed E-state index contributed by atoms with van der Waals surface area (Å²) >= 11 is 1.12. The first kappa shape index (κ1) is 22.6. The maximum atomic E-state index is 10.9. The fraction of sp³-hybridized carbons (Fsp3) is 0.348. The largest absolute Gasteiger partial charge is 0.505 e. The van der Waals surface area contributed by atoms with E-state index in [1.165, 1.54) is 5.56 Å². The lowest BCUT2D eigenvalue weighted by Crippen LogP contribution is -2.26. The minimum absolute atomic E-state index is 0.0330. The summed E-state index contributed by atoms with van der Waals surface area (Å²) in [6, 6.07) is 15.9. The predicted molar refractivity (Wildman–Crippen MR) is 130 cm³/mol. The number of phenols is 1. The van der Waals surface area contributed by atoms with Crippen LogP contribution in [0, 0.1) is 5.41 Å². The number of hydrogen-bond donors (Lipinski definition) is 3. The van der Waals surface area contributed by atoms with Gasteiger partial charge in [0.25, 0.3) is 0 Å². The molecule has 164 valence electrons. The second kappa shape index (κ2) is 9.34. The third-order valence-electron chi connectivity index (χ3n) is 4.93. The second-order valence-corrected chi connectivity index (χ2v) is 9.11. The van der Waals surface area contributed by atoms with Crippen LogP contribution in [0.5, 0.6) is 5.75 Å². The van der Waals surface area contributed by atoms with Gasteiger partial charge in [0.05, 0.1) is 29.0 Å². The Morgan fingerprint density at radius 3 is 2.32 bits per heavy atom. The molecule has 8 heteroatoms. The number of hydrogen-bond acceptors (Lipinski definition) is 7. The Labute approximate surface area is 188 Å². The van der Waals surface area contributed by atoms with Crippen molar-refractivity contribution in [2.75, 3.05) is 31.8 Å². The molecule has 7 nitrogen and oxygen atoms in total. The van der Waals surface area contributed by atoms with E-state index in [1.54, 1.807) is 7.05 Å². The number of nitrogens with zero attached hydrogens (tertiary/aromatic N) is 4. The van der Waals surface area contributed by atoms with Crippen molar-refractivity contribution in [1.29, 1.82) is 0 Å². The molecule has 31 heavy (non-hydrogen) atoms. The lowest BCUT2D eigenvalue weighted by atomic mass is 9.82. The van der Waals surface area contributed by atoms with Gasteiger partial charge in [-0.15, -0.1) is 0 Å². The first-order valence-corrected chi connectivity index (χ1v) is 10.8. The van der Waals surface area contributed by atoms with Crippen LogP contribution in [0.3, 0.4) is 0 Å². The molecule has 0 fully saturated rings. The van der Waals surface area contributed by atoms with Gasteiger partial charge < -0.3 is 20.6 Å². The van der Waals surface area contributed by atoms with E-state index >= 15 is 0 Å². The molecule has 0 saturated heterocycles. The Morgan fingerprint density at radius 2 is 1.71 bits per heavy atom. The average Bonchev–Trinajstić information content (AvgIpc) is 3.15. The van der Waals surface area contributed by atoms with Crippen LogP contribution in [0.2, 0.25) is 0 Å². The number of aromatic nitrogens is 2. The lowest BCUT2D eigenvalue weighted by Gasteiger charge is -2.32. The molecule has 0 aliphatic carbocycles. The average molecular weight is 439 g/mol. The molecule has 1 aromatic heterocycles. The van der Waals surface area contributed by atoms with Gasteiger partial charge >= 0.3 is 0 Å². The van der Waals surface area contributed by atoms with E-state index < -0.39 is 0 Å². The Hall–Kier alpha value is -3.13. The Morgan fingerprint density at radius 1 is 1.03 bits per heavy atom. The molecule has 3 N–H and O–H groups in total. The number of aliphatic imine (C=N–C) groups is 1. The summed E-state index contributed by atoms with van der Waals surface area (Å²) in [7, 11) is 5.49. The number of rotatable bonds is 6. The molecule has 0 unspecified atom stereocenters. The summed E-state index contributed by atoms with van der Waals surface area (Å²) < 4.78 is 8.88. The Balaban J connectivity index is 1.91. The minimum atomic E-state index is -0.0531. The van der Waals surface area contributed by atoms with Gasteiger partial charge in [-0.3, -0.25) is 4.99 Å². The highest BCUT2D eigenvalue weighted by Crippen LogP contribution is 2.38. The predicted octanol–water partition coefficient (Wildman–Crippen LogP) is 5.12. The van der Waals surface area contributed by atoms with Crippen molar-refractivity contribution >= 4 is 34.9 Å². The number of phenolic OH excluding ortho intramolecular Hbond substituents is 1. The molecule has 3 rings (SSSR count). The zero-order valence-corrected chi connectivity index (χ0v) is 19.7. The van der Waals surface area contributed by atoms with Crippen molar-refractivity contribution in [2.45, 2.75) is 26.8 Å². The SMILES string of the molecule is C/N=C(/c1cccc(Nc2nsnc2N[C@@H](c2ccccc2)C(C)(C)C)c1O)N(C)C. The van der Waals surface area contributed by atoms with Gasteiger partial charge in [0.1, 0.15) is 11.6 Å². The Bertz CT molecular complexity index is 1040. The van der Waals surface area contributed by atoms with E-state index in [0.29, 0.717) is 28.7 Å². The molecule has 0 spiro atoms. The lowest BCUT2D eigenvalue weighted by molar-refractivity contribution is 0.347. The van der Waals surface area contributed by atoms with Crippen LogP contribution < -0.4 is 10.6 Å². The molecule has 0 radical (unpaired) electrons. The van der Waals surface area contributed by atoms with Gasteiger partial charge in [-0.25, -0.2) is 0 Å². The fourth-order valence-corrected chi connectivity index (χ4v) is 3.94. The minimum Gasteiger partial charge on any atom is -0.505 e. The van der Waals surface area contributed by atoms with Crippen molar-refractivity contribution in [2.24, 2.45) is 10.4 Å². The molecule has 1 atom stereocenters. The van der Waals surface area contributed by atoms with Crippen molar-refractivity contribution in [3.05, 3.63) is 59.7 Å². The van der Waals surface area contributed by atoms with E-state index in [2.05, 4.69) is 57.3 Å². The number of amidine groups is 1. The van der Waals surface area contributed by atoms with Crippen LogP contribution in [0.25, 0.3) is 0 Å². The molecule has 1 heterocycles. The van der Waals surface area contributed by atoms with E-state index in [9.17, 15) is 5.11 Å². The number of para-hydroxylation sites is 1. The van der Waals surface area contributed by atoms with Crippen LogP contribution in [0.15, 0.2) is 53.5 Å². The molecule has 0 amide bonds. The highest BCUT2D eigenvalue weighted by atomic mass is 32.1. The summed E-state index contributed by atoms with van der Waals surface area (Å²) in [4.78, 5) is 6.16. The van der Waals surface area contributed by atoms with Gasteiger partial charge in [0.2, 0.25) is 0 Å². The monoisotopic (exact) mass is 438 g/mol. The molecular formula is C23H30N6OS. The Kier molecular flexibility index (Phi) is 6.80. The highest BCUT2D eigenvalue weighted by molar-refractivity contribution is 6.99. The van der Waals surface area contributed by atoms with Gasteiger partial charge in [0, 0.05) is 21.1 Å². The van der Waals surface area contributed by atoms with Crippen molar-refractivity contribution in [1.82, 2.24) is 13.6 Å². The van der Waals surface area contributed by atoms with E-state index in [0.717, 1.165) is 11.7 Å². The number of aromatic hydroxyl groups is 1. The first-order chi connectivity index (χ1) is 14.7. The molecule has 0 aliphatic heterocycles. The van der Waals surface area contributed by atoms with Crippen LogP contribution >= 0.6 is 11.7 Å². The zero-order valence-electron chi connectivity index (χ0n) is 18.8. The summed E-state index contributed by atoms with van der Waals surface area (Å²) in [6.45, 7) is 6.56. The van der Waals surface area contributed by atoms with Gasteiger partial charge in [-0.05, 0) is 23.1 Å². The molecule has 0 bridgehead atoms. The summed E-state index contributed by atoms with van der Waals surface area (Å²) in [5, 5.41) is 17.7. The molecular weight excluding hydrogens is 408 g/mol. The summed E-state index contributed by atoms with van der Waals surface area (Å²) in [6.07, 6.45) is 0. The van der Waals surface area contributed by atoms with Crippen molar-refractivity contribution in [3.8, 4) is 5.75 Å². The van der Waals surface area contributed by atoms with Crippen LogP contribution in [0.1, 0.15) is 37.9 Å². The van der Waals surface area contributed by atoms with Gasteiger partial charge in [-0.2, -0.15) is 8.75 Å². The van der Waals surface area contributed by atoms with E-state index in [1.807, 2.05) is 55.4 Å². The number of nitrogens with one attached hydrogen (secondary N) is 2. The van der Waals surface area contributed by atoms with Crippen LogP contribution in [-0.4, -0.2) is 45.7 Å². The summed E-state index contributed by atoms with van der Waals surface area (Å²) in [5.41, 5.74) is 2.31. The summed E-state index contributed by atoms with van der Waals surface area (Å²) in [5.74, 6) is 2.03. The standard InChI is InChI=1S/C23H30N6OS/c1-23(2,3)19(15-11-8-7-9-12-15)26-21-20(27-31-28-21)25-17-14-10-13-16(18(17)30)22(24-4)29(5)6/h7-14,19,30H,1-6H3,(H,25,27)(H,26,28)/b24-22-/t19-/m0/s1. The number of anilines is 3. The van der Waals surface area contributed by atoms with Crippen LogP contribution in [0.4, 0.5) is 17.3 Å². The molecule has 3 aromatic rings. The van der Waals surface area contributed by atoms with Gasteiger partial charge in [0.15, 0.2) is 11.6 Å². The first-order valence-electron chi connectivity index (χ1n) is 10.1. The maximum absolute atomic E-state index is 10.9. The third kappa shape index (κ3) is 5.14. The molecule has 2 aromatic carbocycles. The third-order valence-corrected chi connectivity index (χ3v) is 5.46. The number of benzene rings is 2. The topological polar surface area (TPSA) is 85.7 Å². The van der Waals surface area contributed by atoms with Gasteiger partial charge in [-0.1, -0.05) is 57.2 Å². The molecule has 0 saturated carbocycles. The smallest absolute Gasteiger partial charge is 0.188 e.